The van der Waals surface area contributed by atoms with Gasteiger partial charge >= 0.3 is 5.97 Å². The molecule has 2 atom stereocenters. The van der Waals surface area contributed by atoms with Crippen LogP contribution in [-0.2, 0) is 9.59 Å². The van der Waals surface area contributed by atoms with Crippen molar-refractivity contribution in [3.63, 3.8) is 0 Å². The number of carbonyl (C=O) groups is 2. The number of carbonyl (C=O) groups excluding carboxylic acids is 1. The number of nitrogens with one attached hydrogen (secondary N) is 1. The van der Waals surface area contributed by atoms with E-state index in [9.17, 15) is 9.59 Å². The molecule has 0 aromatic heterocycles. The quantitative estimate of drug-likeness (QED) is 0.239. The highest BCUT2D eigenvalue weighted by Gasteiger charge is 2.19. The van der Waals surface area contributed by atoms with Gasteiger partial charge in [-0.15, -0.1) is 0 Å². The van der Waals surface area contributed by atoms with Gasteiger partial charge in [-0.1, -0.05) is 12.0 Å². The second-order valence-corrected chi connectivity index (χ2v) is 3.98. The molecule has 0 aliphatic rings. The Kier molecular flexibility index (Phi) is 13.6. The van der Waals surface area contributed by atoms with Gasteiger partial charge in [0, 0.05) is 23.6 Å². The summed E-state index contributed by atoms with van der Waals surface area (Å²) in [5, 5.41) is 23.0. The topological polar surface area (TPSA) is 135 Å². The van der Waals surface area contributed by atoms with Gasteiger partial charge in [-0.25, -0.2) is 0 Å². The van der Waals surface area contributed by atoms with E-state index in [4.69, 9.17) is 15.7 Å². The largest absolute Gasteiger partial charge is 0.481 e. The predicted molar refractivity (Wildman–Crippen MR) is 74.0 cm³/mol. The molecule has 19 heavy (non-hydrogen) atoms. The molecule has 0 aliphatic heterocycles. The van der Waals surface area contributed by atoms with Crippen molar-refractivity contribution >= 4 is 24.5 Å². The van der Waals surface area contributed by atoms with Crippen LogP contribution in [0.3, 0.4) is 0 Å². The number of azide groups is 1. The fourth-order valence-corrected chi connectivity index (χ4v) is 0.875. The maximum atomic E-state index is 10.4. The van der Waals surface area contributed by atoms with E-state index in [1.807, 2.05) is 6.92 Å². The highest BCUT2D eigenvalue weighted by atomic mass is 32.1. The molecule has 0 heterocycles. The monoisotopic (exact) mass is 292 g/mol. The number of amides is 1. The summed E-state index contributed by atoms with van der Waals surface area (Å²) in [6, 6.07) is 0. The summed E-state index contributed by atoms with van der Waals surface area (Å²) in [5.41, 5.74) is 7.84. The van der Waals surface area contributed by atoms with Gasteiger partial charge in [0.2, 0.25) is 5.91 Å². The maximum Gasteiger partial charge on any atom is 0.308 e. The Morgan fingerprint density at radius 2 is 2.11 bits per heavy atom. The molecule has 0 saturated heterocycles. The Labute approximate surface area is 117 Å². The molecule has 0 aromatic rings. The van der Waals surface area contributed by atoms with Crippen molar-refractivity contribution in [2.24, 2.45) is 11.0 Å². The van der Waals surface area contributed by atoms with E-state index in [0.29, 0.717) is 18.7 Å². The van der Waals surface area contributed by atoms with E-state index >= 15 is 0 Å². The van der Waals surface area contributed by atoms with Gasteiger partial charge in [-0.3, -0.25) is 9.59 Å². The molecular formula is C10H20N4O4S. The van der Waals surface area contributed by atoms with Crippen LogP contribution in [0.5, 0.6) is 0 Å². The summed E-state index contributed by atoms with van der Waals surface area (Å²) in [5.74, 6) is -1.20. The Balaban J connectivity index is 0. The minimum atomic E-state index is -1.11. The number of aliphatic carboxylic acids is 1. The van der Waals surface area contributed by atoms with Crippen LogP contribution in [0.15, 0.2) is 5.11 Å². The molecule has 0 spiro atoms. The number of nitrogens with zero attached hydrogens (tertiary/aromatic N) is 3. The summed E-state index contributed by atoms with van der Waals surface area (Å²) in [4.78, 5) is 23.0. The minimum Gasteiger partial charge on any atom is -0.481 e. The molecule has 0 saturated carbocycles. The molecule has 0 aromatic carbocycles. The highest BCUT2D eigenvalue weighted by molar-refractivity contribution is 7.80. The van der Waals surface area contributed by atoms with Crippen LogP contribution in [0, 0.1) is 5.92 Å². The molecule has 110 valence electrons. The first kappa shape index (κ1) is 19.9. The zero-order valence-corrected chi connectivity index (χ0v) is 11.9. The average molecular weight is 292 g/mol. The molecule has 2 unspecified atom stereocenters. The summed E-state index contributed by atoms with van der Waals surface area (Å²) in [6.45, 7) is 3.65. The molecule has 1 amide bonds. The maximum absolute atomic E-state index is 10.4. The standard InChI is InChI=1S/C5H9N3O3.C5H11NOS/c1-3(5(10)11)4(9)2-7-8-6;1-2-5(7)6-3-4-8/h3-4,9H,2H2,1H3,(H,10,11);8H,2-4H2,1H3,(H,6,7). The van der Waals surface area contributed by atoms with Crippen LogP contribution < -0.4 is 5.32 Å². The number of rotatable bonds is 7. The lowest BCUT2D eigenvalue weighted by molar-refractivity contribution is -0.144. The molecule has 0 radical (unpaired) electrons. The lowest BCUT2D eigenvalue weighted by atomic mass is 10.1. The Bertz CT molecular complexity index is 321. The van der Waals surface area contributed by atoms with Crippen molar-refractivity contribution in [3.05, 3.63) is 10.4 Å². The van der Waals surface area contributed by atoms with E-state index in [1.165, 1.54) is 6.92 Å². The van der Waals surface area contributed by atoms with Crippen molar-refractivity contribution in [1.82, 2.24) is 5.32 Å². The number of aliphatic hydroxyl groups excluding tert-OH is 1. The van der Waals surface area contributed by atoms with Gasteiger partial charge in [-0.05, 0) is 12.5 Å². The summed E-state index contributed by atoms with van der Waals surface area (Å²) < 4.78 is 0. The number of aliphatic hydroxyl groups is 1. The molecular weight excluding hydrogens is 272 g/mol. The molecule has 9 heteroatoms. The van der Waals surface area contributed by atoms with E-state index in [0.717, 1.165) is 0 Å². The number of thiol groups is 1. The zero-order chi connectivity index (χ0) is 15.3. The zero-order valence-electron chi connectivity index (χ0n) is 11.0. The van der Waals surface area contributed by atoms with E-state index in [-0.39, 0.29) is 12.5 Å². The third-order valence-corrected chi connectivity index (χ3v) is 2.28. The predicted octanol–water partition coefficient (Wildman–Crippen LogP) is 0.821. The summed E-state index contributed by atoms with van der Waals surface area (Å²) in [6.07, 6.45) is -0.545. The van der Waals surface area contributed by atoms with Crippen molar-refractivity contribution in [1.29, 1.82) is 0 Å². The lowest BCUT2D eigenvalue weighted by Gasteiger charge is -2.10. The van der Waals surface area contributed by atoms with Crippen LogP contribution >= 0.6 is 12.6 Å². The third kappa shape index (κ3) is 12.8. The van der Waals surface area contributed by atoms with Gasteiger partial charge in [0.25, 0.3) is 0 Å². The second kappa shape index (κ2) is 13.0. The Hall–Kier alpha value is -1.44. The summed E-state index contributed by atoms with van der Waals surface area (Å²) in [7, 11) is 0. The highest BCUT2D eigenvalue weighted by Crippen LogP contribution is 2.02. The first-order valence-corrected chi connectivity index (χ1v) is 6.33. The molecule has 8 nitrogen and oxygen atoms in total. The molecule has 0 bridgehead atoms. The molecule has 0 aliphatic carbocycles. The second-order valence-electron chi connectivity index (χ2n) is 3.53. The SMILES string of the molecule is CC(C(=O)O)C(O)CN=[N+]=[N-].CCC(=O)NCCS. The molecule has 3 N–H and O–H groups in total. The summed E-state index contributed by atoms with van der Waals surface area (Å²) >= 11 is 3.92. The average Bonchev–Trinajstić information content (AvgIpc) is 2.41. The van der Waals surface area contributed by atoms with Gasteiger partial charge < -0.3 is 15.5 Å². The number of carboxylic acid groups (broad SMARTS) is 1. The number of carboxylic acids is 1. The van der Waals surface area contributed by atoms with Crippen molar-refractivity contribution in [2.45, 2.75) is 26.4 Å². The Morgan fingerprint density at radius 1 is 1.53 bits per heavy atom. The fourth-order valence-electron chi connectivity index (χ4n) is 0.763. The van der Waals surface area contributed by atoms with Gasteiger partial charge in [-0.2, -0.15) is 12.6 Å². The lowest BCUT2D eigenvalue weighted by Crippen LogP contribution is -2.27. The van der Waals surface area contributed by atoms with Crippen LogP contribution in [0.1, 0.15) is 20.3 Å². The van der Waals surface area contributed by atoms with E-state index in [1.54, 1.807) is 0 Å². The van der Waals surface area contributed by atoms with Crippen molar-refractivity contribution < 1.29 is 19.8 Å². The normalized spacial score (nSPS) is 12.2. The van der Waals surface area contributed by atoms with E-state index < -0.39 is 18.0 Å². The third-order valence-electron chi connectivity index (χ3n) is 2.05. The van der Waals surface area contributed by atoms with Crippen molar-refractivity contribution in [2.75, 3.05) is 18.8 Å². The van der Waals surface area contributed by atoms with Crippen LogP contribution in [0.4, 0.5) is 0 Å². The molecule has 0 fully saturated rings. The molecule has 0 rings (SSSR count). The van der Waals surface area contributed by atoms with Crippen LogP contribution in [-0.4, -0.2) is 47.0 Å². The van der Waals surface area contributed by atoms with Gasteiger partial charge in [0.05, 0.1) is 18.6 Å². The van der Waals surface area contributed by atoms with Crippen LogP contribution in [0.2, 0.25) is 0 Å². The van der Waals surface area contributed by atoms with Crippen molar-refractivity contribution in [3.8, 4) is 0 Å². The van der Waals surface area contributed by atoms with Gasteiger partial charge in [0.15, 0.2) is 0 Å². The fraction of sp³-hybridized carbons (Fsp3) is 0.800. The first-order chi connectivity index (χ1) is 8.90. The van der Waals surface area contributed by atoms with Crippen LogP contribution in [0.25, 0.3) is 10.4 Å². The van der Waals surface area contributed by atoms with Gasteiger partial charge in [0.1, 0.15) is 0 Å². The first-order valence-electron chi connectivity index (χ1n) is 5.69. The van der Waals surface area contributed by atoms with E-state index in [2.05, 4.69) is 28.0 Å². The Morgan fingerprint density at radius 3 is 2.47 bits per heavy atom. The number of hydrogen-bond acceptors (Lipinski definition) is 5. The number of hydrogen-bond donors (Lipinski definition) is 4. The minimum absolute atomic E-state index is 0.0963. The smallest absolute Gasteiger partial charge is 0.308 e.